The number of anilines is 2. The van der Waals surface area contributed by atoms with Crippen LogP contribution in [0.2, 0.25) is 0 Å². The molecular formula is C79H113F5N8O4. The van der Waals surface area contributed by atoms with Gasteiger partial charge in [0.1, 0.15) is 5.75 Å². The molecular weight excluding hydrogens is 1220 g/mol. The maximum atomic E-state index is 12.3. The largest absolute Gasteiger partial charge is 0.495 e. The van der Waals surface area contributed by atoms with E-state index in [4.69, 9.17) is 14.2 Å². The lowest BCUT2D eigenvalue weighted by molar-refractivity contribution is -0.147. The number of nitrogens with zero attached hydrogens (tertiary/aromatic N) is 8. The molecule has 12 nitrogen and oxygen atoms in total. The number of methoxy groups -OCH3 is 2. The van der Waals surface area contributed by atoms with Crippen LogP contribution in [0.25, 0.3) is 0 Å². The Kier molecular flexibility index (Phi) is 31.8. The quantitative estimate of drug-likeness (QED) is 0.0681. The summed E-state index contributed by atoms with van der Waals surface area (Å²) >= 11 is 0. The number of piperidine rings is 1. The molecule has 4 aliphatic heterocycles. The summed E-state index contributed by atoms with van der Waals surface area (Å²) in [6, 6.07) is 32.8. The summed E-state index contributed by atoms with van der Waals surface area (Å²) in [6.45, 7) is 36.3. The van der Waals surface area contributed by atoms with Gasteiger partial charge in [0.2, 0.25) is 11.8 Å². The molecule has 528 valence electrons. The van der Waals surface area contributed by atoms with E-state index in [9.17, 15) is 26.7 Å². The third kappa shape index (κ3) is 25.6. The molecule has 0 spiro atoms. The maximum Gasteiger partial charge on any atom is 0.401 e. The Labute approximate surface area is 572 Å². The molecule has 7 heterocycles. The number of pyridine rings is 3. The van der Waals surface area contributed by atoms with Crippen LogP contribution in [0.4, 0.5) is 33.3 Å². The summed E-state index contributed by atoms with van der Waals surface area (Å²) in [5, 5.41) is 0. The number of halogens is 5. The first-order valence-corrected chi connectivity index (χ1v) is 35.2. The zero-order chi connectivity index (χ0) is 70.1. The number of carbonyl (C=O) groups is 1. The number of aryl methyl sites for hydroxylation is 1. The Morgan fingerprint density at radius 2 is 1.09 bits per heavy atom. The maximum absolute atomic E-state index is 12.3. The van der Waals surface area contributed by atoms with Gasteiger partial charge in [-0.05, 0) is 175 Å². The van der Waals surface area contributed by atoms with Crippen LogP contribution in [0.15, 0.2) is 116 Å². The lowest BCUT2D eigenvalue weighted by Crippen LogP contribution is -2.52. The summed E-state index contributed by atoms with van der Waals surface area (Å²) in [5.41, 5.74) is 13.3. The van der Waals surface area contributed by atoms with Gasteiger partial charge in [0, 0.05) is 106 Å². The van der Waals surface area contributed by atoms with Gasteiger partial charge in [0.05, 0.1) is 39.6 Å². The molecule has 0 unspecified atom stereocenters. The normalized spacial score (nSPS) is 16.4. The Morgan fingerprint density at radius 3 is 1.59 bits per heavy atom. The van der Waals surface area contributed by atoms with Crippen molar-refractivity contribution in [3.63, 3.8) is 0 Å². The van der Waals surface area contributed by atoms with Crippen molar-refractivity contribution in [2.75, 3.05) is 109 Å². The molecule has 0 N–H and O–H groups in total. The number of piperazine rings is 2. The van der Waals surface area contributed by atoms with Crippen LogP contribution in [0.5, 0.6) is 17.5 Å². The van der Waals surface area contributed by atoms with Gasteiger partial charge in [0.15, 0.2) is 5.78 Å². The number of carbonyl (C=O) groups excluding carboxylic acids is 1. The molecule has 4 fully saturated rings. The van der Waals surface area contributed by atoms with E-state index >= 15 is 0 Å². The summed E-state index contributed by atoms with van der Waals surface area (Å²) in [5.74, 6) is 6.14. The number of ether oxygens (including phenoxy) is 3. The van der Waals surface area contributed by atoms with Crippen LogP contribution in [-0.4, -0.2) is 153 Å². The van der Waals surface area contributed by atoms with Crippen LogP contribution in [0.3, 0.4) is 0 Å². The summed E-state index contributed by atoms with van der Waals surface area (Å²) in [7, 11) is 3.41. The Balaban J connectivity index is 0.000000185. The lowest BCUT2D eigenvalue weighted by atomic mass is 9.88. The van der Waals surface area contributed by atoms with Gasteiger partial charge in [-0.25, -0.2) is 18.7 Å². The minimum Gasteiger partial charge on any atom is -0.495 e. The fourth-order valence-electron chi connectivity index (χ4n) is 12.1. The third-order valence-electron chi connectivity index (χ3n) is 18.8. The predicted octanol–water partition coefficient (Wildman–Crippen LogP) is 18.4. The number of alkyl halides is 5. The molecule has 0 radical (unpaired) electrons. The number of rotatable bonds is 16. The van der Waals surface area contributed by atoms with Crippen molar-refractivity contribution < 1.29 is 41.0 Å². The van der Waals surface area contributed by atoms with Crippen LogP contribution in [0, 0.1) is 0 Å². The molecule has 17 heteroatoms. The molecule has 3 aromatic heterocycles. The summed E-state index contributed by atoms with van der Waals surface area (Å²) in [6.07, 6.45) is 8.99. The second kappa shape index (κ2) is 39.0. The molecule has 1 aliphatic carbocycles. The number of ketones is 1. The van der Waals surface area contributed by atoms with Crippen LogP contribution < -0.4 is 24.0 Å². The molecule has 0 atom stereocenters. The first-order valence-electron chi connectivity index (χ1n) is 35.2. The molecule has 0 bridgehead atoms. The highest BCUT2D eigenvalue weighted by molar-refractivity contribution is 5.93. The molecule has 3 saturated heterocycles. The fraction of sp³-hybridized carbons (Fsp3) is 0.570. The van der Waals surface area contributed by atoms with Gasteiger partial charge < -0.3 is 24.0 Å². The van der Waals surface area contributed by atoms with Gasteiger partial charge >= 0.3 is 6.18 Å². The van der Waals surface area contributed by atoms with E-state index in [1.807, 2.05) is 35.5 Å². The highest BCUT2D eigenvalue weighted by atomic mass is 19.4. The second-order valence-electron chi connectivity index (χ2n) is 28.0. The van der Waals surface area contributed by atoms with Crippen molar-refractivity contribution in [1.29, 1.82) is 0 Å². The average molecular weight is 1330 g/mol. The van der Waals surface area contributed by atoms with Gasteiger partial charge in [0.25, 0.3) is 6.43 Å². The molecule has 3 aromatic carbocycles. The molecule has 0 amide bonds. The number of fused-ring (bicyclic) bond motifs is 1. The van der Waals surface area contributed by atoms with E-state index in [0.717, 1.165) is 94.8 Å². The summed E-state index contributed by atoms with van der Waals surface area (Å²) < 4.78 is 77.6. The zero-order valence-electron chi connectivity index (χ0n) is 60.4. The van der Waals surface area contributed by atoms with E-state index in [2.05, 4.69) is 186 Å². The van der Waals surface area contributed by atoms with Crippen molar-refractivity contribution in [3.05, 3.63) is 166 Å². The fourth-order valence-corrected chi connectivity index (χ4v) is 12.1. The van der Waals surface area contributed by atoms with E-state index in [0.29, 0.717) is 66.0 Å². The van der Waals surface area contributed by atoms with E-state index in [-0.39, 0.29) is 12.3 Å². The van der Waals surface area contributed by atoms with Gasteiger partial charge in [-0.2, -0.15) is 13.2 Å². The SMILES string of the molecule is CC(=O)c1cncc(C(C)C)c1.CC(C)c1ccc(C2CCN(CC(F)(F)F)CC2)cc1.CC(C)c1ccc(N2CCN(CC(F)F)CC2)cc1.CC(C)c1cnc2c(c1)CCCO2.COc1cc(C(C)C)ccc1N1CCN(C2CCC2)CC1.COc1ccc(C(C)C)cn1. The van der Waals surface area contributed by atoms with Crippen molar-refractivity contribution in [1.82, 2.24) is 29.7 Å². The average Bonchev–Trinajstić information content (AvgIpc) is 0.842. The Morgan fingerprint density at radius 1 is 0.552 bits per heavy atom. The first kappa shape index (κ1) is 78.3. The van der Waals surface area contributed by atoms with Crippen molar-refractivity contribution in [2.24, 2.45) is 0 Å². The zero-order valence-corrected chi connectivity index (χ0v) is 60.4. The monoisotopic (exact) mass is 1330 g/mol. The van der Waals surface area contributed by atoms with Crippen LogP contribution >= 0.6 is 0 Å². The van der Waals surface area contributed by atoms with Gasteiger partial charge in [-0.15, -0.1) is 0 Å². The van der Waals surface area contributed by atoms with Crippen molar-refractivity contribution in [3.8, 4) is 17.5 Å². The van der Waals surface area contributed by atoms with E-state index in [1.54, 1.807) is 33.5 Å². The number of hydrogen-bond acceptors (Lipinski definition) is 12. The molecule has 11 rings (SSSR count). The number of benzene rings is 3. The number of Topliss-reactive ketones (excluding diaryl/α,β-unsaturated/α-hetero) is 1. The smallest absolute Gasteiger partial charge is 0.401 e. The van der Waals surface area contributed by atoms with E-state index < -0.39 is 19.1 Å². The number of likely N-dealkylation sites (tertiary alicyclic amines) is 1. The highest BCUT2D eigenvalue weighted by Gasteiger charge is 2.33. The molecule has 5 aliphatic rings. The lowest BCUT2D eigenvalue weighted by Gasteiger charge is -2.43. The highest BCUT2D eigenvalue weighted by Crippen LogP contribution is 2.35. The first-order chi connectivity index (χ1) is 45.7. The van der Waals surface area contributed by atoms with Crippen LogP contribution in [-0.2, 0) is 6.42 Å². The van der Waals surface area contributed by atoms with Crippen molar-refractivity contribution in [2.45, 2.75) is 195 Å². The van der Waals surface area contributed by atoms with Gasteiger partial charge in [-0.3, -0.25) is 24.5 Å². The topological polar surface area (TPSA) is 99.6 Å². The molecule has 6 aromatic rings. The molecule has 96 heavy (non-hydrogen) atoms. The third-order valence-corrected chi connectivity index (χ3v) is 18.8. The Hall–Kier alpha value is -6.69. The van der Waals surface area contributed by atoms with E-state index in [1.165, 1.54) is 87.6 Å². The Bertz CT molecular complexity index is 3190. The van der Waals surface area contributed by atoms with Crippen LogP contribution in [0.1, 0.15) is 225 Å². The number of aromatic nitrogens is 3. The predicted molar refractivity (Wildman–Crippen MR) is 384 cm³/mol. The standard InChI is InChI=1S/C18H28N2O.C16H22F3N.C15H22F2N2.C11H15NO.C10H13NO.C9H13NO/c1-14(2)15-7-8-17(18(13-15)21-3)20-11-9-19(10-12-20)16-5-4-6-16;1-12(2)13-3-5-14(6-4-13)15-7-9-20(10-8-15)11-16(17,18)19;1-12(2)13-3-5-14(6-4-13)19-9-7-18(8-10-19)11-15(16)17;1-8(2)10-6-9-4-3-5-13-11(9)12-7-10;1-7(2)9-4-10(8(3)12)6-11-5-9;1-7(2)8-4-5-9(11-3)10-6-8/h7-8,13-14,16H,4-6,9-12H2,1-3H3;3-6,12,15H,7-11H2,1-2H3;3-6,12,15H,7-11H2,1-2H3;6-8H,3-5H2,1-2H3;4-7H,1-3H3;4-7H,1-3H3. The number of hydrogen-bond donors (Lipinski definition) is 0. The van der Waals surface area contributed by atoms with Gasteiger partial charge in [-0.1, -0.05) is 138 Å². The second-order valence-corrected chi connectivity index (χ2v) is 28.0. The minimum absolute atomic E-state index is 0.0741. The summed E-state index contributed by atoms with van der Waals surface area (Å²) in [4.78, 5) is 34.2. The van der Waals surface area contributed by atoms with Crippen molar-refractivity contribution >= 4 is 17.2 Å². The molecule has 1 saturated carbocycles. The minimum atomic E-state index is -4.08.